The molecule has 1 heterocycles. The van der Waals surface area contributed by atoms with Gasteiger partial charge in [-0.05, 0) is 49.4 Å². The number of aryl methyl sites for hydroxylation is 1. The molecular formula is C20H24FN3O. The van der Waals surface area contributed by atoms with E-state index >= 15 is 0 Å². The summed E-state index contributed by atoms with van der Waals surface area (Å²) < 4.78 is 13.6. The van der Waals surface area contributed by atoms with Gasteiger partial charge >= 0.3 is 0 Å². The molecule has 0 bridgehead atoms. The Bertz CT molecular complexity index is 754. The van der Waals surface area contributed by atoms with Crippen LogP contribution < -0.4 is 5.32 Å². The van der Waals surface area contributed by atoms with E-state index in [0.29, 0.717) is 11.1 Å². The lowest BCUT2D eigenvalue weighted by Crippen LogP contribution is -2.43. The molecule has 2 aromatic rings. The Morgan fingerprint density at radius 1 is 1.12 bits per heavy atom. The minimum absolute atomic E-state index is 0.296. The van der Waals surface area contributed by atoms with Gasteiger partial charge in [0.1, 0.15) is 5.82 Å². The number of carbonyl (C=O) groups is 1. The van der Waals surface area contributed by atoms with Gasteiger partial charge in [-0.25, -0.2) is 4.39 Å². The number of nitrogens with one attached hydrogen (secondary N) is 1. The van der Waals surface area contributed by atoms with Crippen molar-refractivity contribution in [2.75, 3.05) is 38.5 Å². The van der Waals surface area contributed by atoms with Crippen LogP contribution in [0.3, 0.4) is 0 Å². The van der Waals surface area contributed by atoms with Gasteiger partial charge in [-0.3, -0.25) is 9.69 Å². The number of anilines is 1. The molecule has 0 atom stereocenters. The smallest absolute Gasteiger partial charge is 0.255 e. The zero-order valence-electron chi connectivity index (χ0n) is 14.8. The monoisotopic (exact) mass is 341 g/mol. The molecular weight excluding hydrogens is 317 g/mol. The van der Waals surface area contributed by atoms with Crippen molar-refractivity contribution >= 4 is 11.6 Å². The fourth-order valence-corrected chi connectivity index (χ4v) is 2.95. The van der Waals surface area contributed by atoms with Gasteiger partial charge in [0.25, 0.3) is 5.91 Å². The molecule has 0 spiro atoms. The SMILES string of the molecule is Cc1ccc(C(=O)Nc2cccc(CN3CCN(C)CC3)c2)cc1F. The van der Waals surface area contributed by atoms with Crippen LogP contribution in [0.2, 0.25) is 0 Å². The van der Waals surface area contributed by atoms with Crippen LogP contribution in [-0.2, 0) is 6.54 Å². The van der Waals surface area contributed by atoms with E-state index in [0.717, 1.165) is 44.0 Å². The first kappa shape index (κ1) is 17.6. The number of hydrogen-bond donors (Lipinski definition) is 1. The van der Waals surface area contributed by atoms with Crippen LogP contribution in [0.1, 0.15) is 21.5 Å². The highest BCUT2D eigenvalue weighted by Gasteiger charge is 2.14. The summed E-state index contributed by atoms with van der Waals surface area (Å²) in [6, 6.07) is 12.4. The van der Waals surface area contributed by atoms with Gasteiger partial charge in [0.15, 0.2) is 0 Å². The average Bonchev–Trinajstić information content (AvgIpc) is 2.59. The molecule has 25 heavy (non-hydrogen) atoms. The summed E-state index contributed by atoms with van der Waals surface area (Å²) in [6.07, 6.45) is 0. The number of benzene rings is 2. The second-order valence-electron chi connectivity index (χ2n) is 6.70. The molecule has 5 heteroatoms. The summed E-state index contributed by atoms with van der Waals surface area (Å²) >= 11 is 0. The maximum absolute atomic E-state index is 13.6. The first-order chi connectivity index (χ1) is 12.0. The molecule has 1 N–H and O–H groups in total. The van der Waals surface area contributed by atoms with E-state index in [9.17, 15) is 9.18 Å². The molecule has 0 unspecified atom stereocenters. The maximum atomic E-state index is 13.6. The van der Waals surface area contributed by atoms with Crippen molar-refractivity contribution in [2.24, 2.45) is 0 Å². The minimum Gasteiger partial charge on any atom is -0.322 e. The summed E-state index contributed by atoms with van der Waals surface area (Å²) in [7, 11) is 2.14. The van der Waals surface area contributed by atoms with Crippen molar-refractivity contribution in [3.8, 4) is 0 Å². The summed E-state index contributed by atoms with van der Waals surface area (Å²) in [5, 5.41) is 2.86. The van der Waals surface area contributed by atoms with Gasteiger partial charge in [0, 0.05) is 44.0 Å². The highest BCUT2D eigenvalue weighted by atomic mass is 19.1. The number of halogens is 1. The molecule has 1 aliphatic heterocycles. The molecule has 2 aromatic carbocycles. The lowest BCUT2D eigenvalue weighted by atomic mass is 10.1. The molecule has 3 rings (SSSR count). The Labute approximate surface area is 148 Å². The standard InChI is InChI=1S/C20H24FN3O/c1-15-6-7-17(13-19(15)21)20(25)22-18-5-3-4-16(12-18)14-24-10-8-23(2)9-11-24/h3-7,12-13H,8-11,14H2,1-2H3,(H,22,25). The predicted molar refractivity (Wildman–Crippen MR) is 98.3 cm³/mol. The van der Waals surface area contributed by atoms with Crippen LogP contribution in [0.4, 0.5) is 10.1 Å². The Morgan fingerprint density at radius 2 is 1.88 bits per heavy atom. The number of piperazine rings is 1. The van der Waals surface area contributed by atoms with E-state index in [2.05, 4.69) is 28.2 Å². The molecule has 0 radical (unpaired) electrons. The number of hydrogen-bond acceptors (Lipinski definition) is 3. The molecule has 132 valence electrons. The van der Waals surface area contributed by atoms with Gasteiger partial charge in [0.05, 0.1) is 0 Å². The molecule has 1 fully saturated rings. The summed E-state index contributed by atoms with van der Waals surface area (Å²) in [6.45, 7) is 6.81. The van der Waals surface area contributed by atoms with Gasteiger partial charge in [0.2, 0.25) is 0 Å². The van der Waals surface area contributed by atoms with E-state index in [4.69, 9.17) is 0 Å². The third-order valence-electron chi connectivity index (χ3n) is 4.62. The summed E-state index contributed by atoms with van der Waals surface area (Å²) in [4.78, 5) is 17.1. The van der Waals surface area contributed by atoms with Crippen molar-refractivity contribution in [3.05, 3.63) is 65.0 Å². The van der Waals surface area contributed by atoms with Crippen LogP contribution in [0.5, 0.6) is 0 Å². The molecule has 4 nitrogen and oxygen atoms in total. The highest BCUT2D eigenvalue weighted by molar-refractivity contribution is 6.04. The number of nitrogens with zero attached hydrogens (tertiary/aromatic N) is 2. The van der Waals surface area contributed by atoms with Crippen molar-refractivity contribution in [1.29, 1.82) is 0 Å². The second kappa shape index (κ2) is 7.76. The van der Waals surface area contributed by atoms with Gasteiger partial charge in [-0.15, -0.1) is 0 Å². The zero-order valence-corrected chi connectivity index (χ0v) is 14.8. The van der Waals surface area contributed by atoms with Crippen LogP contribution in [0, 0.1) is 12.7 Å². The topological polar surface area (TPSA) is 35.6 Å². The Balaban J connectivity index is 1.64. The maximum Gasteiger partial charge on any atom is 0.255 e. The quantitative estimate of drug-likeness (QED) is 0.928. The van der Waals surface area contributed by atoms with Crippen molar-refractivity contribution < 1.29 is 9.18 Å². The number of carbonyl (C=O) groups excluding carboxylic acids is 1. The second-order valence-corrected chi connectivity index (χ2v) is 6.70. The normalized spacial score (nSPS) is 16.0. The third kappa shape index (κ3) is 4.65. The number of rotatable bonds is 4. The van der Waals surface area contributed by atoms with E-state index in [-0.39, 0.29) is 11.7 Å². The van der Waals surface area contributed by atoms with Crippen molar-refractivity contribution in [2.45, 2.75) is 13.5 Å². The van der Waals surface area contributed by atoms with E-state index in [1.165, 1.54) is 6.07 Å². The molecule has 1 aliphatic rings. The van der Waals surface area contributed by atoms with Crippen LogP contribution in [-0.4, -0.2) is 48.9 Å². The van der Waals surface area contributed by atoms with E-state index in [1.807, 2.05) is 18.2 Å². The third-order valence-corrected chi connectivity index (χ3v) is 4.62. The lowest BCUT2D eigenvalue weighted by Gasteiger charge is -2.32. The zero-order chi connectivity index (χ0) is 17.8. The molecule has 0 aliphatic carbocycles. The molecule has 1 amide bonds. The van der Waals surface area contributed by atoms with Crippen LogP contribution in [0.25, 0.3) is 0 Å². The first-order valence-electron chi connectivity index (χ1n) is 8.58. The Kier molecular flexibility index (Phi) is 5.46. The van der Waals surface area contributed by atoms with Gasteiger partial charge in [-0.1, -0.05) is 18.2 Å². The fourth-order valence-electron chi connectivity index (χ4n) is 2.95. The molecule has 0 saturated carbocycles. The summed E-state index contributed by atoms with van der Waals surface area (Å²) in [5.41, 5.74) is 2.76. The average molecular weight is 341 g/mol. The lowest BCUT2D eigenvalue weighted by molar-refractivity contribution is 0.102. The summed E-state index contributed by atoms with van der Waals surface area (Å²) in [5.74, 6) is -0.660. The van der Waals surface area contributed by atoms with Crippen LogP contribution in [0.15, 0.2) is 42.5 Å². The van der Waals surface area contributed by atoms with E-state index < -0.39 is 0 Å². The first-order valence-corrected chi connectivity index (χ1v) is 8.58. The number of likely N-dealkylation sites (N-methyl/N-ethyl adjacent to an activating group) is 1. The van der Waals surface area contributed by atoms with Crippen LogP contribution >= 0.6 is 0 Å². The predicted octanol–water partition coefficient (Wildman–Crippen LogP) is 3.13. The molecule has 1 saturated heterocycles. The molecule has 0 aromatic heterocycles. The van der Waals surface area contributed by atoms with Gasteiger partial charge in [-0.2, -0.15) is 0 Å². The largest absolute Gasteiger partial charge is 0.322 e. The Morgan fingerprint density at radius 3 is 2.60 bits per heavy atom. The highest BCUT2D eigenvalue weighted by Crippen LogP contribution is 2.16. The fraction of sp³-hybridized carbons (Fsp3) is 0.350. The van der Waals surface area contributed by atoms with Gasteiger partial charge < -0.3 is 10.2 Å². The minimum atomic E-state index is -0.364. The Hall–Kier alpha value is -2.24. The number of amides is 1. The van der Waals surface area contributed by atoms with Crippen molar-refractivity contribution in [3.63, 3.8) is 0 Å². The van der Waals surface area contributed by atoms with Crippen molar-refractivity contribution in [1.82, 2.24) is 9.80 Å². The van der Waals surface area contributed by atoms with E-state index in [1.54, 1.807) is 19.1 Å².